The fourth-order valence-corrected chi connectivity index (χ4v) is 4.69. The van der Waals surface area contributed by atoms with E-state index < -0.39 is 22.2 Å². The number of carboxylic acids is 1. The summed E-state index contributed by atoms with van der Waals surface area (Å²) in [6, 6.07) is 5.85. The van der Waals surface area contributed by atoms with Gasteiger partial charge < -0.3 is 14.6 Å². The molecule has 1 aliphatic carbocycles. The first-order valence-electron chi connectivity index (χ1n) is 9.26. The Morgan fingerprint density at radius 1 is 1.37 bits per heavy atom. The maximum atomic E-state index is 11.9. The van der Waals surface area contributed by atoms with Crippen LogP contribution < -0.4 is 0 Å². The smallest absolute Gasteiger partial charge is 0.475 e. The number of morpholine rings is 1. The number of pyridine rings is 1. The van der Waals surface area contributed by atoms with Gasteiger partial charge in [0.1, 0.15) is 0 Å². The molecule has 1 saturated heterocycles. The monoisotopic (exact) mass is 454 g/mol. The zero-order valence-corrected chi connectivity index (χ0v) is 17.4. The van der Waals surface area contributed by atoms with Crippen LogP contribution in [0.1, 0.15) is 24.2 Å². The minimum Gasteiger partial charge on any atom is -0.475 e. The quantitative estimate of drug-likeness (QED) is 0.725. The number of carbonyl (C=O) groups is 1. The molecule has 0 aromatic carbocycles. The van der Waals surface area contributed by atoms with Crippen LogP contribution in [0.2, 0.25) is 0 Å². The van der Waals surface area contributed by atoms with E-state index in [0.29, 0.717) is 32.3 Å². The molecule has 170 valence electrons. The number of sulfonamides is 1. The molecular weight excluding hydrogens is 429 g/mol. The molecular formula is C18H25F3N2O6S. The second-order valence-corrected chi connectivity index (χ2v) is 9.21. The van der Waals surface area contributed by atoms with E-state index in [1.807, 2.05) is 25.1 Å². The van der Waals surface area contributed by atoms with Gasteiger partial charge in [0.15, 0.2) is 0 Å². The third-order valence-corrected chi connectivity index (χ3v) is 6.11. The van der Waals surface area contributed by atoms with Crippen molar-refractivity contribution in [2.24, 2.45) is 5.92 Å². The van der Waals surface area contributed by atoms with Gasteiger partial charge >= 0.3 is 12.1 Å². The van der Waals surface area contributed by atoms with Crippen LogP contribution in [0.4, 0.5) is 13.2 Å². The third-order valence-electron chi connectivity index (χ3n) is 4.80. The van der Waals surface area contributed by atoms with E-state index in [1.54, 1.807) is 4.31 Å². The average Bonchev–Trinajstić information content (AvgIpc) is 3.03. The highest BCUT2D eigenvalue weighted by Gasteiger charge is 2.44. The van der Waals surface area contributed by atoms with Gasteiger partial charge in [0, 0.05) is 12.2 Å². The van der Waals surface area contributed by atoms with Gasteiger partial charge in [0.2, 0.25) is 10.0 Å². The minimum atomic E-state index is -5.08. The molecule has 0 bridgehead atoms. The normalized spacial score (nSPS) is 24.6. The number of aryl methyl sites for hydroxylation is 1. The summed E-state index contributed by atoms with van der Waals surface area (Å²) < 4.78 is 68.7. The Bertz CT molecular complexity index is 833. The molecule has 3 rings (SSSR count). The Hall–Kier alpha value is -1.76. The molecule has 2 fully saturated rings. The number of fused-ring (bicyclic) bond motifs is 1. The molecule has 1 saturated carbocycles. The highest BCUT2D eigenvalue weighted by molar-refractivity contribution is 7.88. The third kappa shape index (κ3) is 7.18. The molecule has 1 aliphatic heterocycles. The van der Waals surface area contributed by atoms with E-state index in [4.69, 9.17) is 19.4 Å². The van der Waals surface area contributed by atoms with Crippen molar-refractivity contribution in [3.05, 3.63) is 29.6 Å². The van der Waals surface area contributed by atoms with Gasteiger partial charge in [-0.25, -0.2) is 13.2 Å². The van der Waals surface area contributed by atoms with Gasteiger partial charge in [-0.1, -0.05) is 6.07 Å². The van der Waals surface area contributed by atoms with Crippen molar-refractivity contribution in [1.82, 2.24) is 9.29 Å². The maximum absolute atomic E-state index is 11.9. The molecule has 1 aromatic rings. The lowest BCUT2D eigenvalue weighted by atomic mass is 10.1. The fourth-order valence-electron chi connectivity index (χ4n) is 3.58. The van der Waals surface area contributed by atoms with Gasteiger partial charge in [-0.15, -0.1) is 0 Å². The van der Waals surface area contributed by atoms with Crippen molar-refractivity contribution in [2.45, 2.75) is 44.7 Å². The van der Waals surface area contributed by atoms with Crippen molar-refractivity contribution in [3.8, 4) is 0 Å². The summed E-state index contributed by atoms with van der Waals surface area (Å²) in [6.07, 6.45) is -2.14. The van der Waals surface area contributed by atoms with Crippen LogP contribution in [0.15, 0.2) is 18.2 Å². The summed E-state index contributed by atoms with van der Waals surface area (Å²) in [5.74, 6) is -2.43. The molecule has 30 heavy (non-hydrogen) atoms. The van der Waals surface area contributed by atoms with Crippen LogP contribution in [0.5, 0.6) is 0 Å². The lowest BCUT2D eigenvalue weighted by Gasteiger charge is -2.35. The summed E-state index contributed by atoms with van der Waals surface area (Å²) in [4.78, 5) is 13.3. The van der Waals surface area contributed by atoms with Crippen LogP contribution in [-0.2, 0) is 30.9 Å². The van der Waals surface area contributed by atoms with E-state index in [0.717, 1.165) is 24.2 Å². The van der Waals surface area contributed by atoms with E-state index in [1.165, 1.54) is 6.26 Å². The first-order chi connectivity index (χ1) is 13.9. The van der Waals surface area contributed by atoms with Gasteiger partial charge in [-0.2, -0.15) is 17.5 Å². The number of alkyl halides is 3. The molecule has 8 nitrogen and oxygen atoms in total. The predicted molar refractivity (Wildman–Crippen MR) is 100 cm³/mol. The predicted octanol–water partition coefficient (Wildman–Crippen LogP) is 1.98. The van der Waals surface area contributed by atoms with Crippen LogP contribution in [0.3, 0.4) is 0 Å². The van der Waals surface area contributed by atoms with Crippen LogP contribution >= 0.6 is 0 Å². The number of hydrogen-bond donors (Lipinski definition) is 1. The topological polar surface area (TPSA) is 106 Å². The van der Waals surface area contributed by atoms with Crippen molar-refractivity contribution in [1.29, 1.82) is 0 Å². The van der Waals surface area contributed by atoms with Crippen LogP contribution in [-0.4, -0.2) is 73.1 Å². The number of carboxylic acid groups (broad SMARTS) is 1. The number of aliphatic carboxylic acids is 1. The molecule has 1 aromatic heterocycles. The van der Waals surface area contributed by atoms with Crippen molar-refractivity contribution in [3.63, 3.8) is 0 Å². The van der Waals surface area contributed by atoms with Gasteiger partial charge in [-0.05, 0) is 37.8 Å². The van der Waals surface area contributed by atoms with E-state index in [2.05, 4.69) is 4.98 Å². The summed E-state index contributed by atoms with van der Waals surface area (Å²) in [7, 11) is -3.17. The van der Waals surface area contributed by atoms with Crippen molar-refractivity contribution < 1.29 is 41.0 Å². The Morgan fingerprint density at radius 2 is 2.03 bits per heavy atom. The number of halogens is 3. The van der Waals surface area contributed by atoms with Crippen molar-refractivity contribution in [2.75, 3.05) is 26.0 Å². The Kier molecular flexibility index (Phi) is 8.20. The van der Waals surface area contributed by atoms with E-state index in [9.17, 15) is 21.6 Å². The van der Waals surface area contributed by atoms with E-state index >= 15 is 0 Å². The lowest BCUT2D eigenvalue weighted by molar-refractivity contribution is -0.192. The molecule has 12 heteroatoms. The number of aromatic nitrogens is 1. The SMILES string of the molecule is Cc1cccc(COCC2CC3OCCN(S(C)(=O)=O)C3C2)n1.O=C(O)C(F)(F)F. The first kappa shape index (κ1) is 24.5. The largest absolute Gasteiger partial charge is 0.490 e. The maximum Gasteiger partial charge on any atom is 0.490 e. The van der Waals surface area contributed by atoms with Gasteiger partial charge in [-0.3, -0.25) is 4.98 Å². The number of hydrogen-bond acceptors (Lipinski definition) is 6. The Balaban J connectivity index is 0.000000396. The van der Waals surface area contributed by atoms with Crippen LogP contribution in [0, 0.1) is 12.8 Å². The molecule has 2 heterocycles. The second kappa shape index (κ2) is 10.0. The highest BCUT2D eigenvalue weighted by atomic mass is 32.2. The molecule has 1 N–H and O–H groups in total. The average molecular weight is 454 g/mol. The van der Waals surface area contributed by atoms with E-state index in [-0.39, 0.29) is 12.1 Å². The van der Waals surface area contributed by atoms with Crippen molar-refractivity contribution >= 4 is 16.0 Å². The molecule has 3 unspecified atom stereocenters. The number of rotatable bonds is 5. The Labute approximate surface area is 173 Å². The van der Waals surface area contributed by atoms with Gasteiger partial charge in [0.25, 0.3) is 0 Å². The summed E-state index contributed by atoms with van der Waals surface area (Å²) >= 11 is 0. The summed E-state index contributed by atoms with van der Waals surface area (Å²) in [6.45, 7) is 4.01. The standard InChI is InChI=1S/C16H24N2O4S.C2HF3O2/c1-12-4-3-5-14(17-12)11-21-10-13-8-15-16(9-13)22-7-6-18(15)23(2,19)20;3-2(4,5)1(6)7/h3-5,13,15-16H,6-11H2,1-2H3;(H,6,7). The Morgan fingerprint density at radius 3 is 2.60 bits per heavy atom. The first-order valence-corrected chi connectivity index (χ1v) is 11.1. The zero-order valence-electron chi connectivity index (χ0n) is 16.6. The molecule has 2 aliphatic rings. The molecule has 3 atom stereocenters. The zero-order chi connectivity index (χ0) is 22.5. The summed E-state index contributed by atoms with van der Waals surface area (Å²) in [5, 5.41) is 7.12. The molecule has 0 amide bonds. The number of ether oxygens (including phenoxy) is 2. The molecule has 0 spiro atoms. The lowest BCUT2D eigenvalue weighted by Crippen LogP contribution is -2.50. The number of nitrogens with zero attached hydrogens (tertiary/aromatic N) is 2. The van der Waals surface area contributed by atoms with Crippen LogP contribution in [0.25, 0.3) is 0 Å². The fraction of sp³-hybridized carbons (Fsp3) is 0.667. The summed E-state index contributed by atoms with van der Waals surface area (Å²) in [5.41, 5.74) is 1.91. The van der Waals surface area contributed by atoms with Gasteiger partial charge in [0.05, 0.1) is 43.9 Å². The minimum absolute atomic E-state index is 0.00386. The second-order valence-electron chi connectivity index (χ2n) is 7.28. The highest BCUT2D eigenvalue weighted by Crippen LogP contribution is 2.35. The molecule has 0 radical (unpaired) electrons.